The molecule has 0 bridgehead atoms. The van der Waals surface area contributed by atoms with Crippen LogP contribution in [0.5, 0.6) is 0 Å². The van der Waals surface area contributed by atoms with Crippen LogP contribution in [0.2, 0.25) is 0 Å². The van der Waals surface area contributed by atoms with Crippen molar-refractivity contribution in [1.82, 2.24) is 5.32 Å². The van der Waals surface area contributed by atoms with Crippen molar-refractivity contribution in [2.45, 2.75) is 46.3 Å². The first-order valence-corrected chi connectivity index (χ1v) is 9.85. The Morgan fingerprint density at radius 2 is 2.04 bits per heavy atom. The molecule has 1 amide bonds. The first kappa shape index (κ1) is 20.8. The number of carbonyl (C=O) groups is 2. The predicted octanol–water partition coefficient (Wildman–Crippen LogP) is 0.937. The minimum absolute atomic E-state index is 0.116. The summed E-state index contributed by atoms with van der Waals surface area (Å²) < 4.78 is 16.0. The van der Waals surface area contributed by atoms with E-state index in [2.05, 4.69) is 5.32 Å². The van der Waals surface area contributed by atoms with Gasteiger partial charge in [-0.25, -0.2) is 4.79 Å². The lowest BCUT2D eigenvalue weighted by Crippen LogP contribution is -2.46. The maximum atomic E-state index is 12.8. The van der Waals surface area contributed by atoms with Crippen LogP contribution in [0.15, 0.2) is 12.1 Å². The Bertz CT molecular complexity index is 732. The van der Waals surface area contributed by atoms with Crippen molar-refractivity contribution in [2.75, 3.05) is 19.8 Å². The first-order valence-electron chi connectivity index (χ1n) is 9.85. The zero-order valence-corrected chi connectivity index (χ0v) is 16.7. The van der Waals surface area contributed by atoms with Crippen molar-refractivity contribution in [1.29, 1.82) is 0 Å². The molecule has 28 heavy (non-hydrogen) atoms. The molecule has 0 radical (unpaired) electrons. The molecule has 0 aromatic heterocycles. The molecule has 2 heterocycles. The topological polar surface area (TPSA) is 94.1 Å². The van der Waals surface area contributed by atoms with E-state index in [4.69, 9.17) is 14.1 Å². The molecule has 7 nitrogen and oxygen atoms in total. The predicted molar refractivity (Wildman–Crippen MR) is 104 cm³/mol. The number of ether oxygens (including phenoxy) is 2. The van der Waals surface area contributed by atoms with Gasteiger partial charge in [0.2, 0.25) is 0 Å². The van der Waals surface area contributed by atoms with Crippen LogP contribution in [0.25, 0.3) is 0 Å². The van der Waals surface area contributed by atoms with E-state index in [9.17, 15) is 14.6 Å². The average molecular weight is 389 g/mol. The molecule has 2 aliphatic rings. The highest BCUT2D eigenvalue weighted by atomic mass is 16.5. The van der Waals surface area contributed by atoms with Crippen LogP contribution in [-0.4, -0.2) is 49.9 Å². The molecule has 1 fully saturated rings. The molecule has 1 aromatic rings. The summed E-state index contributed by atoms with van der Waals surface area (Å²) in [5.41, 5.74) is 2.60. The van der Waals surface area contributed by atoms with Crippen molar-refractivity contribution >= 4 is 24.5 Å². The molecule has 1 saturated heterocycles. The second-order valence-electron chi connectivity index (χ2n) is 7.86. The molecule has 3 rings (SSSR count). The lowest BCUT2D eigenvalue weighted by atomic mass is 9.75. The number of amides is 1. The summed E-state index contributed by atoms with van der Waals surface area (Å²) in [6, 6.07) is 2.75. The molecule has 0 aliphatic carbocycles. The summed E-state index contributed by atoms with van der Waals surface area (Å²) in [6.07, 6.45) is 1.76. The highest BCUT2D eigenvalue weighted by Crippen LogP contribution is 2.18. The molecule has 2 aliphatic heterocycles. The van der Waals surface area contributed by atoms with E-state index in [0.29, 0.717) is 48.9 Å². The maximum Gasteiger partial charge on any atom is 0.492 e. The monoisotopic (exact) mass is 389 g/mol. The van der Waals surface area contributed by atoms with Gasteiger partial charge in [-0.1, -0.05) is 19.9 Å². The number of rotatable bonds is 6. The molecule has 1 unspecified atom stereocenters. The molecule has 0 spiro atoms. The lowest BCUT2D eigenvalue weighted by Gasteiger charge is -2.25. The van der Waals surface area contributed by atoms with Gasteiger partial charge in [0.05, 0.1) is 13.2 Å². The van der Waals surface area contributed by atoms with Gasteiger partial charge in [0.1, 0.15) is 6.04 Å². The van der Waals surface area contributed by atoms with Crippen LogP contribution in [0, 0.1) is 18.8 Å². The van der Waals surface area contributed by atoms with Crippen LogP contribution in [0.4, 0.5) is 0 Å². The van der Waals surface area contributed by atoms with E-state index in [1.165, 1.54) is 0 Å². The van der Waals surface area contributed by atoms with E-state index in [0.717, 1.165) is 18.4 Å². The van der Waals surface area contributed by atoms with E-state index < -0.39 is 19.1 Å². The third kappa shape index (κ3) is 4.56. The molecule has 0 saturated carbocycles. The standard InChI is InChI=1S/C20H28BNO6/c1-12(2)18(20(24)27-10-14-6-8-26-9-7-14)22-19(23)16-5-4-15-11-28-21(25)17(15)13(16)3/h4-5,12,14,18,25H,6-11H2,1-3H3,(H,22,23). The van der Waals surface area contributed by atoms with Gasteiger partial charge in [-0.2, -0.15) is 0 Å². The van der Waals surface area contributed by atoms with Crippen LogP contribution >= 0.6 is 0 Å². The molecule has 152 valence electrons. The third-order valence-corrected chi connectivity index (χ3v) is 5.50. The van der Waals surface area contributed by atoms with Gasteiger partial charge in [-0.15, -0.1) is 0 Å². The van der Waals surface area contributed by atoms with Gasteiger partial charge >= 0.3 is 13.1 Å². The van der Waals surface area contributed by atoms with Gasteiger partial charge in [-0.05, 0) is 54.3 Å². The summed E-state index contributed by atoms with van der Waals surface area (Å²) in [5, 5.41) is 12.8. The van der Waals surface area contributed by atoms with Crippen molar-refractivity contribution in [2.24, 2.45) is 11.8 Å². The molecule has 8 heteroatoms. The van der Waals surface area contributed by atoms with Gasteiger partial charge < -0.3 is 24.5 Å². The molecule has 1 aromatic carbocycles. The van der Waals surface area contributed by atoms with E-state index in [1.54, 1.807) is 19.1 Å². The number of carbonyl (C=O) groups excluding carboxylic acids is 2. The Labute approximate surface area is 165 Å². The van der Waals surface area contributed by atoms with Crippen LogP contribution in [0.3, 0.4) is 0 Å². The largest absolute Gasteiger partial charge is 0.492 e. The highest BCUT2D eigenvalue weighted by Gasteiger charge is 2.32. The van der Waals surface area contributed by atoms with Gasteiger partial charge in [0, 0.05) is 18.8 Å². The minimum Gasteiger partial charge on any atom is -0.464 e. The van der Waals surface area contributed by atoms with Crippen LogP contribution < -0.4 is 10.8 Å². The number of benzene rings is 1. The SMILES string of the molecule is Cc1c(C(=O)NC(C(=O)OCC2CCOCC2)C(C)C)ccc2c1B(O)OC2. The number of nitrogens with one attached hydrogen (secondary N) is 1. The van der Waals surface area contributed by atoms with E-state index in [-0.39, 0.29) is 11.8 Å². The summed E-state index contributed by atoms with van der Waals surface area (Å²) in [5.74, 6) is -0.588. The fourth-order valence-corrected chi connectivity index (χ4v) is 3.67. The fourth-order valence-electron chi connectivity index (χ4n) is 3.67. The van der Waals surface area contributed by atoms with Crippen LogP contribution in [-0.2, 0) is 25.5 Å². The van der Waals surface area contributed by atoms with E-state index in [1.807, 2.05) is 13.8 Å². The fraction of sp³-hybridized carbons (Fsp3) is 0.600. The maximum absolute atomic E-state index is 12.8. The average Bonchev–Trinajstić information content (AvgIpc) is 3.06. The summed E-state index contributed by atoms with van der Waals surface area (Å²) in [7, 11) is -1.02. The number of esters is 1. The quantitative estimate of drug-likeness (QED) is 0.556. The Balaban J connectivity index is 1.66. The molecular weight excluding hydrogens is 361 g/mol. The Morgan fingerprint density at radius 3 is 2.71 bits per heavy atom. The third-order valence-electron chi connectivity index (χ3n) is 5.50. The molecule has 1 atom stereocenters. The second-order valence-corrected chi connectivity index (χ2v) is 7.86. The summed E-state index contributed by atoms with van der Waals surface area (Å²) >= 11 is 0. The lowest BCUT2D eigenvalue weighted by molar-refractivity contribution is -0.149. The van der Waals surface area contributed by atoms with Gasteiger partial charge in [0.15, 0.2) is 0 Å². The van der Waals surface area contributed by atoms with Crippen molar-refractivity contribution in [3.63, 3.8) is 0 Å². The first-order chi connectivity index (χ1) is 13.4. The second kappa shape index (κ2) is 9.07. The van der Waals surface area contributed by atoms with Crippen molar-refractivity contribution < 1.29 is 28.7 Å². The summed E-state index contributed by atoms with van der Waals surface area (Å²) in [6.45, 7) is 7.58. The van der Waals surface area contributed by atoms with E-state index >= 15 is 0 Å². The Hall–Kier alpha value is -1.90. The zero-order chi connectivity index (χ0) is 20.3. The van der Waals surface area contributed by atoms with Crippen molar-refractivity contribution in [3.8, 4) is 0 Å². The normalized spacial score (nSPS) is 18.1. The summed E-state index contributed by atoms with van der Waals surface area (Å²) in [4.78, 5) is 25.4. The molecular formula is C20H28BNO6. The molecule has 2 N–H and O–H groups in total. The van der Waals surface area contributed by atoms with Crippen molar-refractivity contribution in [3.05, 3.63) is 28.8 Å². The zero-order valence-electron chi connectivity index (χ0n) is 16.7. The smallest absolute Gasteiger partial charge is 0.464 e. The Morgan fingerprint density at radius 1 is 1.32 bits per heavy atom. The number of hydrogen-bond acceptors (Lipinski definition) is 6. The number of fused-ring (bicyclic) bond motifs is 1. The Kier molecular flexibility index (Phi) is 6.75. The minimum atomic E-state index is -1.02. The van der Waals surface area contributed by atoms with Gasteiger partial charge in [0.25, 0.3) is 5.91 Å². The highest BCUT2D eigenvalue weighted by molar-refractivity contribution is 6.62. The van der Waals surface area contributed by atoms with Gasteiger partial charge in [-0.3, -0.25) is 4.79 Å². The van der Waals surface area contributed by atoms with Crippen LogP contribution in [0.1, 0.15) is 48.2 Å². The number of hydrogen-bond donors (Lipinski definition) is 2.